The maximum atomic E-state index is 14.2. The van der Waals surface area contributed by atoms with Crippen LogP contribution in [0.5, 0.6) is 0 Å². The number of benzene rings is 2. The van der Waals surface area contributed by atoms with E-state index in [1.807, 2.05) is 63.5 Å². The summed E-state index contributed by atoms with van der Waals surface area (Å²) in [7, 11) is -3.45. The molecule has 0 bridgehead atoms. The molecule has 0 amide bonds. The summed E-state index contributed by atoms with van der Waals surface area (Å²) in [5.41, 5.74) is 22.9. The number of nitrogens with zero attached hydrogens (tertiary/aromatic N) is 8. The predicted molar refractivity (Wildman–Crippen MR) is 277 cm³/mol. The molecule has 6 rings (SSSR count). The molecule has 68 heavy (non-hydrogen) atoms. The van der Waals surface area contributed by atoms with Gasteiger partial charge in [0.05, 0.1) is 44.6 Å². The van der Waals surface area contributed by atoms with Crippen LogP contribution in [0.25, 0.3) is 22.3 Å². The molecule has 0 aliphatic carbocycles. The van der Waals surface area contributed by atoms with Crippen LogP contribution in [0.1, 0.15) is 89.2 Å². The van der Waals surface area contributed by atoms with E-state index in [0.29, 0.717) is 60.1 Å². The molecule has 5 atom stereocenters. The molecule has 0 fully saturated rings. The lowest BCUT2D eigenvalue weighted by Crippen LogP contribution is -2.49. The fraction of sp³-hybridized carbons (Fsp3) is 0.465. The molecule has 0 saturated heterocycles. The highest BCUT2D eigenvalue weighted by atomic mass is 35.9. The lowest BCUT2D eigenvalue weighted by molar-refractivity contribution is -0.149. The van der Waals surface area contributed by atoms with Gasteiger partial charge in [0.25, 0.3) is 5.85 Å². The second kappa shape index (κ2) is 27.4. The number of ether oxygens (including phenoxy) is 3. The van der Waals surface area contributed by atoms with Crippen molar-refractivity contribution in [1.29, 1.82) is 0 Å². The van der Waals surface area contributed by atoms with Gasteiger partial charge in [-0.3, -0.25) is 13.9 Å². The average Bonchev–Trinajstić information content (AvgIpc) is 3.87. The molecule has 6 aromatic rings. The zero-order valence-corrected chi connectivity index (χ0v) is 44.6. The molecule has 376 valence electrons. The Hall–Kier alpha value is -3.97. The van der Waals surface area contributed by atoms with Gasteiger partial charge in [-0.2, -0.15) is 0 Å². The number of hydrogen-bond donors (Lipinski definition) is 5. The van der Waals surface area contributed by atoms with Gasteiger partial charge in [0.15, 0.2) is 22.9 Å². The summed E-state index contributed by atoms with van der Waals surface area (Å²) in [5, 5.41) is 6.23. The molecular formula is C43H65Cl4N13O6P2. The Morgan fingerprint density at radius 2 is 1.18 bits per heavy atom. The van der Waals surface area contributed by atoms with Gasteiger partial charge in [-0.25, -0.2) is 40.1 Å². The second-order valence-corrected chi connectivity index (χ2v) is 23.9. The lowest BCUT2D eigenvalue weighted by Gasteiger charge is -2.33. The molecule has 4 aromatic heterocycles. The van der Waals surface area contributed by atoms with Crippen molar-refractivity contribution < 1.29 is 28.1 Å². The third-order valence-electron chi connectivity index (χ3n) is 9.81. The first kappa shape index (κ1) is 60.2. The molecule has 4 heterocycles. The van der Waals surface area contributed by atoms with E-state index in [4.69, 9.17) is 53.9 Å². The second-order valence-electron chi connectivity index (χ2n) is 16.5. The Morgan fingerprint density at radius 3 is 1.60 bits per heavy atom. The number of nitrogen functional groups attached to an aromatic ring is 2. The van der Waals surface area contributed by atoms with Gasteiger partial charge in [-0.05, 0) is 95.4 Å². The van der Waals surface area contributed by atoms with Crippen LogP contribution in [0.3, 0.4) is 0 Å². The van der Waals surface area contributed by atoms with Crippen molar-refractivity contribution in [3.63, 3.8) is 0 Å². The van der Waals surface area contributed by atoms with Crippen LogP contribution in [0, 0.1) is 13.8 Å². The summed E-state index contributed by atoms with van der Waals surface area (Å²) in [6.07, 6.45) is 5.72. The number of nitrogens with two attached hydrogens (primary N) is 3. The van der Waals surface area contributed by atoms with Crippen molar-refractivity contribution in [2.75, 3.05) is 30.8 Å². The lowest BCUT2D eigenvalue weighted by atomic mass is 10.1. The number of fused-ring (bicyclic) bond motifs is 2. The summed E-state index contributed by atoms with van der Waals surface area (Å²) in [6, 6.07) is 16.2. The van der Waals surface area contributed by atoms with Crippen LogP contribution in [-0.4, -0.2) is 82.1 Å². The highest BCUT2D eigenvalue weighted by Crippen LogP contribution is 2.56. The number of halogens is 4. The molecule has 0 saturated carbocycles. The minimum Gasteiger partial charge on any atom is -0.464 e. The zero-order valence-electron chi connectivity index (χ0n) is 39.7. The minimum absolute atomic E-state index is 0. The maximum Gasteiger partial charge on any atom is 0.326 e. The minimum atomic E-state index is -3.45. The van der Waals surface area contributed by atoms with Gasteiger partial charge in [-0.1, -0.05) is 66.6 Å². The SMILES string of the molecule is CCCOC(=O)C(C)(C)NP(=O)(CO[C@H](C)Cn1cnc2c(N)ncnc21)N[C@H](C)c1ccc(C)cc1.C[C@H](Cn1cnc2c(N)ncnc21)OCP(=O)(Cl)Cl.Cc1ccc([C@@H](C)N)cc1.Cl.Cl. The molecule has 0 spiro atoms. The third-order valence-corrected chi connectivity index (χ3v) is 13.1. The van der Waals surface area contributed by atoms with Gasteiger partial charge in [-0.15, -0.1) is 24.8 Å². The molecule has 19 nitrogen and oxygen atoms in total. The molecule has 25 heteroatoms. The van der Waals surface area contributed by atoms with Crippen molar-refractivity contribution >= 4 is 101 Å². The van der Waals surface area contributed by atoms with E-state index in [1.165, 1.54) is 23.8 Å². The Morgan fingerprint density at radius 1 is 0.735 bits per heavy atom. The standard InChI is InChI=1S/C25H38N7O4P.C9H12Cl2N5O2P.C9H13N.2ClH/c1-7-12-35-24(33)25(5,6)31-37(34,30-19(4)20-10-8-17(2)9-11-20)16-36-18(3)13-32-15-29-21-22(26)27-14-28-23(21)32;1-6(18-5-19(10,11)17)2-16-4-15-7-8(12)13-3-14-9(7)16;1-7-3-5-9(6-4-7)8(2)10;;/h8-11,14-15,18-19H,7,12-13,16H2,1-6H3,(H2,26,27,28)(H2,30,31,34);3-4,6H,2,5H2,1H3,(H2,12,13,14);3-6,8H,10H2,1-2H3;2*1H/t18-,19-,37?;6-;8-;;/m111../s1. The van der Waals surface area contributed by atoms with E-state index in [1.54, 1.807) is 38.0 Å². The molecule has 0 radical (unpaired) electrons. The molecular weight excluding hydrogens is 998 g/mol. The van der Waals surface area contributed by atoms with Crippen LogP contribution in [0.15, 0.2) is 73.8 Å². The number of nitrogens with one attached hydrogen (secondary N) is 2. The average molecular weight is 1060 g/mol. The third kappa shape index (κ3) is 18.7. The van der Waals surface area contributed by atoms with Crippen LogP contribution in [0.2, 0.25) is 0 Å². The van der Waals surface area contributed by atoms with Crippen molar-refractivity contribution in [2.45, 2.75) is 112 Å². The molecule has 2 aromatic carbocycles. The molecule has 0 aliphatic rings. The first-order valence-corrected chi connectivity index (χ1v) is 26.9. The number of esters is 1. The van der Waals surface area contributed by atoms with E-state index in [9.17, 15) is 13.9 Å². The van der Waals surface area contributed by atoms with Crippen LogP contribution >= 0.6 is 60.6 Å². The molecule has 1 unspecified atom stereocenters. The van der Waals surface area contributed by atoms with E-state index in [2.05, 4.69) is 71.3 Å². The monoisotopic (exact) mass is 1060 g/mol. The largest absolute Gasteiger partial charge is 0.464 e. The van der Waals surface area contributed by atoms with Crippen molar-refractivity contribution in [3.8, 4) is 0 Å². The zero-order chi connectivity index (χ0) is 48.8. The maximum absolute atomic E-state index is 14.2. The molecule has 8 N–H and O–H groups in total. The van der Waals surface area contributed by atoms with Gasteiger partial charge in [0.1, 0.15) is 41.9 Å². The quantitative estimate of drug-likeness (QED) is 0.0373. The first-order chi connectivity index (χ1) is 31.0. The highest BCUT2D eigenvalue weighted by Gasteiger charge is 2.38. The van der Waals surface area contributed by atoms with Crippen molar-refractivity contribution in [2.24, 2.45) is 5.73 Å². The normalized spacial score (nSPS) is 14.1. The van der Waals surface area contributed by atoms with Crippen molar-refractivity contribution in [1.82, 2.24) is 49.2 Å². The van der Waals surface area contributed by atoms with E-state index >= 15 is 0 Å². The summed E-state index contributed by atoms with van der Waals surface area (Å²) in [6.45, 7) is 18.1. The Balaban J connectivity index is 0.000000423. The Kier molecular flexibility index (Phi) is 24.3. The first-order valence-electron chi connectivity index (χ1n) is 21.3. The van der Waals surface area contributed by atoms with Gasteiger partial charge in [0, 0.05) is 12.1 Å². The number of carbonyl (C=O) groups is 1. The summed E-state index contributed by atoms with van der Waals surface area (Å²) >= 11 is 10.8. The molecule has 0 aliphatic heterocycles. The number of anilines is 2. The number of hydrogen-bond acceptors (Lipinski definition) is 15. The predicted octanol–water partition coefficient (Wildman–Crippen LogP) is 9.24. The van der Waals surface area contributed by atoms with Gasteiger partial charge >= 0.3 is 5.97 Å². The highest BCUT2D eigenvalue weighted by molar-refractivity contribution is 8.08. The fourth-order valence-corrected chi connectivity index (χ4v) is 9.46. The summed E-state index contributed by atoms with van der Waals surface area (Å²) in [5.74, 6) is -3.07. The number of aryl methyl sites for hydroxylation is 2. The van der Waals surface area contributed by atoms with Crippen LogP contribution in [0.4, 0.5) is 11.6 Å². The number of imidazole rings is 2. The number of carbonyl (C=O) groups excluding carboxylic acids is 1. The Labute approximate surface area is 420 Å². The van der Waals surface area contributed by atoms with Crippen molar-refractivity contribution in [3.05, 3.63) is 96.1 Å². The summed E-state index contributed by atoms with van der Waals surface area (Å²) in [4.78, 5) is 37.3. The number of aromatic nitrogens is 8. The van der Waals surface area contributed by atoms with E-state index < -0.39 is 24.8 Å². The number of rotatable bonds is 19. The van der Waals surface area contributed by atoms with E-state index in [-0.39, 0.29) is 61.8 Å². The van der Waals surface area contributed by atoms with Crippen LogP contribution in [-0.2, 0) is 41.2 Å². The summed E-state index contributed by atoms with van der Waals surface area (Å²) < 4.78 is 45.6. The van der Waals surface area contributed by atoms with Crippen LogP contribution < -0.4 is 27.4 Å². The smallest absolute Gasteiger partial charge is 0.326 e. The topological polar surface area (TPSA) is 268 Å². The van der Waals surface area contributed by atoms with Gasteiger partial charge < -0.3 is 40.5 Å². The van der Waals surface area contributed by atoms with Gasteiger partial charge in [0.2, 0.25) is 7.44 Å². The fourth-order valence-electron chi connectivity index (χ4n) is 6.26. The van der Waals surface area contributed by atoms with E-state index in [0.717, 1.165) is 11.1 Å². The Bertz CT molecular complexity index is 2580.